The molecule has 0 aliphatic heterocycles. The number of aliphatic hydroxyl groups excluding tert-OH is 2. The van der Waals surface area contributed by atoms with Gasteiger partial charge < -0.3 is 29.9 Å². The van der Waals surface area contributed by atoms with Crippen LogP contribution < -0.4 is 9.47 Å². The molecule has 0 aliphatic carbocycles. The molecule has 3 aromatic rings. The van der Waals surface area contributed by atoms with Crippen LogP contribution in [0.4, 0.5) is 0 Å². The van der Waals surface area contributed by atoms with Crippen molar-refractivity contribution in [3.63, 3.8) is 0 Å². The van der Waals surface area contributed by atoms with E-state index in [-0.39, 0.29) is 63.4 Å². The third-order valence-corrected chi connectivity index (χ3v) is 8.21. The molecule has 39 heavy (non-hydrogen) atoms. The zero-order chi connectivity index (χ0) is 29.3. The second kappa shape index (κ2) is 17.9. The lowest BCUT2D eigenvalue weighted by molar-refractivity contribution is 0.0693. The highest BCUT2D eigenvalue weighted by Crippen LogP contribution is 2.40. The van der Waals surface area contributed by atoms with Gasteiger partial charge in [-0.3, -0.25) is 0 Å². The number of halogens is 8. The van der Waals surface area contributed by atoms with E-state index in [4.69, 9.17) is 94.4 Å². The van der Waals surface area contributed by atoms with Gasteiger partial charge in [0, 0.05) is 20.1 Å². The van der Waals surface area contributed by atoms with Crippen LogP contribution in [-0.4, -0.2) is 40.6 Å². The number of carbonyl (C=O) groups is 1. The first-order valence-corrected chi connectivity index (χ1v) is 13.6. The van der Waals surface area contributed by atoms with Gasteiger partial charge in [-0.2, -0.15) is 0 Å². The van der Waals surface area contributed by atoms with Gasteiger partial charge in [0.15, 0.2) is 5.75 Å². The van der Waals surface area contributed by atoms with Gasteiger partial charge in [0.25, 0.3) is 0 Å². The number of carboxylic acid groups (broad SMARTS) is 1. The van der Waals surface area contributed by atoms with E-state index in [2.05, 4.69) is 31.9 Å². The summed E-state index contributed by atoms with van der Waals surface area (Å²) in [7, 11) is 2.81. The fourth-order valence-corrected chi connectivity index (χ4v) is 5.29. The molecule has 0 unspecified atom stereocenters. The molecule has 0 saturated heterocycles. The molecule has 3 rings (SSSR count). The minimum atomic E-state index is -1.16. The zero-order valence-corrected chi connectivity index (χ0v) is 27.0. The molecule has 3 aromatic carbocycles. The molecule has 0 amide bonds. The smallest absolute Gasteiger partial charge is 0.341 e. The Kier molecular flexibility index (Phi) is 17.5. The van der Waals surface area contributed by atoms with Gasteiger partial charge in [-0.1, -0.05) is 77.0 Å². The minimum absolute atomic E-state index is 0. The predicted molar refractivity (Wildman–Crippen MR) is 165 cm³/mol. The number of hydrogen-bond donors (Lipinski definition) is 4. The summed E-state index contributed by atoms with van der Waals surface area (Å²) in [4.78, 5) is 10.7. The van der Waals surface area contributed by atoms with Crippen LogP contribution in [0.15, 0.2) is 33.2 Å². The van der Waals surface area contributed by atoms with Gasteiger partial charge in [-0.25, -0.2) is 4.79 Å². The van der Waals surface area contributed by atoms with Crippen molar-refractivity contribution in [3.05, 3.63) is 80.0 Å². The summed E-state index contributed by atoms with van der Waals surface area (Å²) in [5.74, 6) is -0.837. The van der Waals surface area contributed by atoms with Crippen LogP contribution in [0.2, 0.25) is 30.1 Å². The van der Waals surface area contributed by atoms with Crippen molar-refractivity contribution >= 4 is 107 Å². The average molecular weight is 795 g/mol. The SMILES string of the molecule is C.COc1c(Cl)cc(Br)c(Cl)c1CO.COc1c(Cl)ccc(Cl)c1C(=O)O.OCc1c(O)c(Cl)cc(Br)c1Cl. The fraction of sp³-hybridized carbons (Fsp3) is 0.208. The van der Waals surface area contributed by atoms with Gasteiger partial charge in [0.2, 0.25) is 0 Å². The molecule has 15 heteroatoms. The Morgan fingerprint density at radius 1 is 0.769 bits per heavy atom. The molecular formula is C24H22Br2Cl6O7. The first-order chi connectivity index (χ1) is 17.8. The molecule has 0 radical (unpaired) electrons. The minimum Gasteiger partial charge on any atom is -0.506 e. The van der Waals surface area contributed by atoms with E-state index >= 15 is 0 Å². The molecular weight excluding hydrogens is 773 g/mol. The normalized spacial score (nSPS) is 9.85. The summed E-state index contributed by atoms with van der Waals surface area (Å²) in [5, 5.41) is 37.6. The molecule has 4 N–H and O–H groups in total. The summed E-state index contributed by atoms with van der Waals surface area (Å²) >= 11 is 40.8. The third-order valence-electron chi connectivity index (χ3n) is 4.46. The fourth-order valence-electron chi connectivity index (χ4n) is 2.70. The number of benzene rings is 3. The lowest BCUT2D eigenvalue weighted by Crippen LogP contribution is -2.01. The maximum Gasteiger partial charge on any atom is 0.341 e. The van der Waals surface area contributed by atoms with Gasteiger partial charge in [-0.05, 0) is 56.1 Å². The van der Waals surface area contributed by atoms with Gasteiger partial charge >= 0.3 is 5.97 Å². The molecule has 0 saturated carbocycles. The maximum atomic E-state index is 10.7. The predicted octanol–water partition coefficient (Wildman–Crippen LogP) is 9.55. The Morgan fingerprint density at radius 2 is 1.21 bits per heavy atom. The first-order valence-electron chi connectivity index (χ1n) is 9.79. The molecule has 0 fully saturated rings. The molecule has 7 nitrogen and oxygen atoms in total. The number of ether oxygens (including phenoxy) is 2. The van der Waals surface area contributed by atoms with Crippen molar-refractivity contribution in [2.75, 3.05) is 14.2 Å². The summed E-state index contributed by atoms with van der Waals surface area (Å²) < 4.78 is 11.0. The van der Waals surface area contributed by atoms with E-state index in [1.807, 2.05) is 0 Å². The van der Waals surface area contributed by atoms with E-state index in [0.29, 0.717) is 30.3 Å². The van der Waals surface area contributed by atoms with Crippen LogP contribution in [0, 0.1) is 0 Å². The summed E-state index contributed by atoms with van der Waals surface area (Å²) in [6, 6.07) is 5.99. The number of methoxy groups -OCH3 is 2. The Hall–Kier alpha value is -0.850. The third kappa shape index (κ3) is 9.88. The van der Waals surface area contributed by atoms with Crippen molar-refractivity contribution in [1.82, 2.24) is 0 Å². The molecule has 0 aromatic heterocycles. The van der Waals surface area contributed by atoms with Crippen LogP contribution in [0.1, 0.15) is 28.9 Å². The lowest BCUT2D eigenvalue weighted by atomic mass is 10.2. The topological polar surface area (TPSA) is 116 Å². The van der Waals surface area contributed by atoms with Crippen molar-refractivity contribution in [1.29, 1.82) is 0 Å². The van der Waals surface area contributed by atoms with Crippen molar-refractivity contribution in [2.45, 2.75) is 20.6 Å². The lowest BCUT2D eigenvalue weighted by Gasteiger charge is -2.11. The summed E-state index contributed by atoms with van der Waals surface area (Å²) in [6.07, 6.45) is 0. The van der Waals surface area contributed by atoms with Crippen molar-refractivity contribution < 1.29 is 34.7 Å². The molecule has 0 aliphatic rings. The van der Waals surface area contributed by atoms with Gasteiger partial charge in [0.05, 0.1) is 57.6 Å². The molecule has 0 spiro atoms. The molecule has 216 valence electrons. The Balaban J connectivity index is 0.000000549. The van der Waals surface area contributed by atoms with E-state index in [1.54, 1.807) is 6.07 Å². The number of hydrogen-bond acceptors (Lipinski definition) is 6. The van der Waals surface area contributed by atoms with Gasteiger partial charge in [0.1, 0.15) is 17.1 Å². The van der Waals surface area contributed by atoms with Gasteiger partial charge in [-0.15, -0.1) is 0 Å². The quantitative estimate of drug-likeness (QED) is 0.190. The molecule has 0 atom stereocenters. The van der Waals surface area contributed by atoms with Crippen LogP contribution in [0.3, 0.4) is 0 Å². The molecule has 0 bridgehead atoms. The number of aliphatic hydroxyl groups is 2. The molecule has 0 heterocycles. The Bertz CT molecular complexity index is 1280. The van der Waals surface area contributed by atoms with Crippen molar-refractivity contribution in [3.8, 4) is 17.2 Å². The van der Waals surface area contributed by atoms with E-state index < -0.39 is 5.97 Å². The second-order valence-corrected chi connectivity index (χ2v) is 10.8. The summed E-state index contributed by atoms with van der Waals surface area (Å²) in [5.41, 5.74) is 0.608. The van der Waals surface area contributed by atoms with E-state index in [0.717, 1.165) is 0 Å². The highest BCUT2D eigenvalue weighted by Gasteiger charge is 2.18. The number of aromatic carboxylic acids is 1. The average Bonchev–Trinajstić information content (AvgIpc) is 2.87. The van der Waals surface area contributed by atoms with E-state index in [9.17, 15) is 9.90 Å². The van der Waals surface area contributed by atoms with Crippen LogP contribution >= 0.6 is 101 Å². The highest BCUT2D eigenvalue weighted by atomic mass is 79.9. The monoisotopic (exact) mass is 790 g/mol. The second-order valence-electron chi connectivity index (χ2n) is 6.71. The standard InChI is InChI=1S/C8H7BrCl2O2.C8H6Cl2O3.C7H5BrCl2O2.CH4/c1-13-8-4(3-12)7(11)5(9)2-6(8)10;1-13-7-5(10)3-2-4(9)6(7)8(11)12;8-4-1-5(9)7(12)3(2-11)6(4)10;/h2,12H,3H2,1H3;2-3H,1H3,(H,11,12);1,11-12H,2H2;1H4. The summed E-state index contributed by atoms with van der Waals surface area (Å²) in [6.45, 7) is -0.551. The largest absolute Gasteiger partial charge is 0.506 e. The zero-order valence-electron chi connectivity index (χ0n) is 19.3. The maximum absolute atomic E-state index is 10.7. The number of phenols is 1. The van der Waals surface area contributed by atoms with E-state index in [1.165, 1.54) is 32.4 Å². The number of aromatic hydroxyl groups is 1. The van der Waals surface area contributed by atoms with Crippen LogP contribution in [0.5, 0.6) is 17.2 Å². The Morgan fingerprint density at radius 3 is 1.62 bits per heavy atom. The highest BCUT2D eigenvalue weighted by molar-refractivity contribution is 9.10. The Labute approximate surface area is 272 Å². The van der Waals surface area contributed by atoms with Crippen LogP contribution in [0.25, 0.3) is 0 Å². The number of carboxylic acids is 1. The first kappa shape index (κ1) is 38.1. The van der Waals surface area contributed by atoms with Crippen LogP contribution in [-0.2, 0) is 13.2 Å². The van der Waals surface area contributed by atoms with Crippen molar-refractivity contribution in [2.24, 2.45) is 0 Å². The number of rotatable bonds is 5.